The third-order valence-corrected chi connectivity index (χ3v) is 3.86. The molecule has 0 aromatic carbocycles. The molecule has 0 bridgehead atoms. The van der Waals surface area contributed by atoms with Gasteiger partial charge in [-0.05, 0) is 32.2 Å². The number of carboxylic acids is 1. The first-order chi connectivity index (χ1) is 8.28. The monoisotopic (exact) mass is 255 g/mol. The van der Waals surface area contributed by atoms with Gasteiger partial charge in [-0.3, -0.25) is 14.9 Å². The highest BCUT2D eigenvalue weighted by molar-refractivity contribution is 6.46. The molecule has 0 amide bonds. The molecule has 0 aliphatic carbocycles. The zero-order chi connectivity index (χ0) is 14.0. The van der Waals surface area contributed by atoms with Gasteiger partial charge in [-0.1, -0.05) is 20.8 Å². The Bertz CT molecular complexity index is 367. The third-order valence-electron chi connectivity index (χ3n) is 3.86. The van der Waals surface area contributed by atoms with Crippen LogP contribution in [-0.4, -0.2) is 34.7 Å². The topological polar surface area (TPSA) is 83.5 Å². The smallest absolute Gasteiger partial charge is 0.332 e. The van der Waals surface area contributed by atoms with E-state index in [9.17, 15) is 19.5 Å². The molecular formula is C13H21NO4. The Labute approximate surface area is 107 Å². The second-order valence-electron chi connectivity index (χ2n) is 5.49. The van der Waals surface area contributed by atoms with Crippen LogP contribution in [0.25, 0.3) is 0 Å². The fraction of sp³-hybridized carbons (Fsp3) is 0.769. The maximum atomic E-state index is 12.3. The van der Waals surface area contributed by atoms with E-state index in [2.05, 4.69) is 5.32 Å². The minimum atomic E-state index is -1.71. The number of carbonyl (C=O) groups is 3. The van der Waals surface area contributed by atoms with Gasteiger partial charge in [-0.25, -0.2) is 4.79 Å². The molecule has 1 aliphatic rings. The number of rotatable bonds is 5. The zero-order valence-electron chi connectivity index (χ0n) is 11.2. The van der Waals surface area contributed by atoms with Crippen LogP contribution in [0.2, 0.25) is 0 Å². The Kier molecular flexibility index (Phi) is 4.27. The van der Waals surface area contributed by atoms with Crippen LogP contribution in [-0.2, 0) is 14.4 Å². The standard InChI is InChI=1S/C13H21NO4/c1-4-12(2,3)9(15)10(16)13(11(17)18)7-5-6-8-14-13/h14H,4-8H2,1-3H3,(H,17,18)/t13-/m0/s1. The summed E-state index contributed by atoms with van der Waals surface area (Å²) in [4.78, 5) is 35.8. The molecule has 1 atom stereocenters. The molecule has 1 rings (SSSR count). The molecule has 0 unspecified atom stereocenters. The van der Waals surface area contributed by atoms with Gasteiger partial charge in [0, 0.05) is 5.41 Å². The van der Waals surface area contributed by atoms with E-state index in [1.54, 1.807) is 13.8 Å². The quantitative estimate of drug-likeness (QED) is 0.569. The van der Waals surface area contributed by atoms with Gasteiger partial charge in [-0.15, -0.1) is 0 Å². The van der Waals surface area contributed by atoms with Crippen LogP contribution in [0.15, 0.2) is 0 Å². The van der Waals surface area contributed by atoms with E-state index in [1.165, 1.54) is 0 Å². The molecule has 0 spiro atoms. The summed E-state index contributed by atoms with van der Waals surface area (Å²) in [5.74, 6) is -2.64. The average Bonchev–Trinajstić information content (AvgIpc) is 2.37. The van der Waals surface area contributed by atoms with Gasteiger partial charge in [0.2, 0.25) is 11.6 Å². The number of hydrogen-bond donors (Lipinski definition) is 2. The minimum absolute atomic E-state index is 0.187. The highest BCUT2D eigenvalue weighted by Gasteiger charge is 2.51. The second kappa shape index (κ2) is 5.18. The molecule has 0 aromatic heterocycles. The van der Waals surface area contributed by atoms with Crippen LogP contribution >= 0.6 is 0 Å². The van der Waals surface area contributed by atoms with Crippen LogP contribution in [0.5, 0.6) is 0 Å². The summed E-state index contributed by atoms with van der Waals surface area (Å²) in [6, 6.07) is 0. The lowest BCUT2D eigenvalue weighted by Crippen LogP contribution is -2.63. The van der Waals surface area contributed by atoms with E-state index >= 15 is 0 Å². The number of carbonyl (C=O) groups excluding carboxylic acids is 2. The van der Waals surface area contributed by atoms with Crippen molar-refractivity contribution in [3.05, 3.63) is 0 Å². The maximum Gasteiger partial charge on any atom is 0.332 e. The van der Waals surface area contributed by atoms with Crippen molar-refractivity contribution in [3.8, 4) is 0 Å². The summed E-state index contributed by atoms with van der Waals surface area (Å²) in [6.45, 7) is 5.61. The number of Topliss-reactive ketones (excluding diaryl/α,β-unsaturated/α-hetero) is 2. The summed E-state index contributed by atoms with van der Waals surface area (Å²) >= 11 is 0. The molecule has 0 radical (unpaired) electrons. The SMILES string of the molecule is CCC(C)(C)C(=O)C(=O)[C@]1(C(=O)O)CCCCN1. The molecule has 1 aliphatic heterocycles. The summed E-state index contributed by atoms with van der Waals surface area (Å²) in [6.07, 6.45) is 2.17. The maximum absolute atomic E-state index is 12.3. The number of nitrogens with one attached hydrogen (secondary N) is 1. The van der Waals surface area contributed by atoms with Gasteiger partial charge >= 0.3 is 5.97 Å². The van der Waals surface area contributed by atoms with E-state index in [0.29, 0.717) is 19.4 Å². The Morgan fingerprint density at radius 2 is 1.89 bits per heavy atom. The highest BCUT2D eigenvalue weighted by Crippen LogP contribution is 2.28. The van der Waals surface area contributed by atoms with Crippen LogP contribution in [0.3, 0.4) is 0 Å². The fourth-order valence-corrected chi connectivity index (χ4v) is 2.04. The molecule has 1 saturated heterocycles. The van der Waals surface area contributed by atoms with Crippen molar-refractivity contribution in [1.29, 1.82) is 0 Å². The van der Waals surface area contributed by atoms with Crippen molar-refractivity contribution in [2.75, 3.05) is 6.54 Å². The van der Waals surface area contributed by atoms with Crippen molar-refractivity contribution >= 4 is 17.5 Å². The third kappa shape index (κ3) is 2.46. The highest BCUT2D eigenvalue weighted by atomic mass is 16.4. The molecule has 5 nitrogen and oxygen atoms in total. The predicted octanol–water partition coefficient (Wildman–Crippen LogP) is 1.16. The lowest BCUT2D eigenvalue weighted by Gasteiger charge is -2.34. The van der Waals surface area contributed by atoms with Crippen LogP contribution in [0.4, 0.5) is 0 Å². The molecule has 2 N–H and O–H groups in total. The number of piperidine rings is 1. The summed E-state index contributed by atoms with van der Waals surface area (Å²) in [7, 11) is 0. The van der Waals surface area contributed by atoms with E-state index < -0.39 is 28.5 Å². The van der Waals surface area contributed by atoms with Crippen LogP contribution in [0.1, 0.15) is 46.5 Å². The molecule has 1 heterocycles. The first-order valence-corrected chi connectivity index (χ1v) is 6.35. The van der Waals surface area contributed by atoms with Gasteiger partial charge in [0.25, 0.3) is 0 Å². The van der Waals surface area contributed by atoms with E-state index in [1.807, 2.05) is 6.92 Å². The summed E-state index contributed by atoms with van der Waals surface area (Å²) in [5, 5.41) is 12.0. The first-order valence-electron chi connectivity index (χ1n) is 6.35. The predicted molar refractivity (Wildman–Crippen MR) is 66.3 cm³/mol. The number of ketones is 2. The molecular weight excluding hydrogens is 234 g/mol. The molecule has 18 heavy (non-hydrogen) atoms. The molecule has 5 heteroatoms. The average molecular weight is 255 g/mol. The first kappa shape index (κ1) is 14.8. The lowest BCUT2D eigenvalue weighted by atomic mass is 9.75. The van der Waals surface area contributed by atoms with Gasteiger partial charge in [0.15, 0.2) is 5.54 Å². The Morgan fingerprint density at radius 3 is 2.28 bits per heavy atom. The normalized spacial score (nSPS) is 24.6. The number of aliphatic carboxylic acids is 1. The van der Waals surface area contributed by atoms with Crippen molar-refractivity contribution in [2.45, 2.75) is 52.0 Å². The fourth-order valence-electron chi connectivity index (χ4n) is 2.04. The van der Waals surface area contributed by atoms with Crippen molar-refractivity contribution in [2.24, 2.45) is 5.41 Å². The molecule has 0 aromatic rings. The van der Waals surface area contributed by atoms with E-state index in [-0.39, 0.29) is 6.42 Å². The van der Waals surface area contributed by atoms with Crippen LogP contribution in [0, 0.1) is 5.41 Å². The lowest BCUT2D eigenvalue weighted by molar-refractivity contribution is -0.157. The second-order valence-corrected chi connectivity index (χ2v) is 5.49. The van der Waals surface area contributed by atoms with Gasteiger partial charge < -0.3 is 5.11 Å². The van der Waals surface area contributed by atoms with E-state index in [4.69, 9.17) is 0 Å². The molecule has 102 valence electrons. The van der Waals surface area contributed by atoms with E-state index in [0.717, 1.165) is 6.42 Å². The van der Waals surface area contributed by atoms with Crippen molar-refractivity contribution in [3.63, 3.8) is 0 Å². The van der Waals surface area contributed by atoms with Crippen molar-refractivity contribution in [1.82, 2.24) is 5.32 Å². The molecule has 1 fully saturated rings. The van der Waals surface area contributed by atoms with Gasteiger partial charge in [0.05, 0.1) is 0 Å². The zero-order valence-corrected chi connectivity index (χ0v) is 11.2. The number of hydrogen-bond acceptors (Lipinski definition) is 4. The van der Waals surface area contributed by atoms with Gasteiger partial charge in [-0.2, -0.15) is 0 Å². The summed E-state index contributed by atoms with van der Waals surface area (Å²) < 4.78 is 0. The number of carboxylic acid groups (broad SMARTS) is 1. The van der Waals surface area contributed by atoms with Crippen molar-refractivity contribution < 1.29 is 19.5 Å². The molecule has 0 saturated carbocycles. The van der Waals surface area contributed by atoms with Gasteiger partial charge in [0.1, 0.15) is 0 Å². The summed E-state index contributed by atoms with van der Waals surface area (Å²) in [5.41, 5.74) is -2.51. The Morgan fingerprint density at radius 1 is 1.28 bits per heavy atom. The Balaban J connectivity index is 3.04. The largest absolute Gasteiger partial charge is 0.480 e. The minimum Gasteiger partial charge on any atom is -0.480 e. The Hall–Kier alpha value is -1.23. The van der Waals surface area contributed by atoms with Crippen LogP contribution < -0.4 is 5.32 Å².